The van der Waals surface area contributed by atoms with Crippen LogP contribution >= 0.6 is 0 Å². The summed E-state index contributed by atoms with van der Waals surface area (Å²) >= 11 is 0. The number of unbranched alkanes of at least 4 members (excludes halogenated alkanes) is 1. The van der Waals surface area contributed by atoms with Gasteiger partial charge in [-0.05, 0) is 26.7 Å². The van der Waals surface area contributed by atoms with Crippen molar-refractivity contribution in [2.24, 2.45) is 0 Å². The Morgan fingerprint density at radius 3 is 1.89 bits per heavy atom. The van der Waals surface area contributed by atoms with Crippen molar-refractivity contribution in [3.05, 3.63) is 24.3 Å². The molecule has 0 saturated carbocycles. The Morgan fingerprint density at radius 2 is 1.43 bits per heavy atom. The van der Waals surface area contributed by atoms with Gasteiger partial charge in [0.15, 0.2) is 0 Å². The molecular formula is C23H43N3O8S. The highest BCUT2D eigenvalue weighted by Crippen LogP contribution is 2.04. The Morgan fingerprint density at radius 1 is 0.886 bits per heavy atom. The van der Waals surface area contributed by atoms with Crippen LogP contribution in [-0.4, -0.2) is 113 Å². The molecular weight excluding hydrogens is 478 g/mol. The highest BCUT2D eigenvalue weighted by Gasteiger charge is 2.16. The maximum absolute atomic E-state index is 11.3. The summed E-state index contributed by atoms with van der Waals surface area (Å²) in [6, 6.07) is 0. The number of aliphatic carboxylic acids is 1. The fourth-order valence-corrected chi connectivity index (χ4v) is 3.29. The molecule has 0 aromatic carbocycles. The fourth-order valence-electron chi connectivity index (χ4n) is 2.73. The monoisotopic (exact) mass is 521 g/mol. The van der Waals surface area contributed by atoms with E-state index < -0.39 is 22.1 Å². The molecule has 0 bridgehead atoms. The number of carboxylic acid groups (broad SMARTS) is 1. The van der Waals surface area contributed by atoms with Gasteiger partial charge < -0.3 is 33.5 Å². The highest BCUT2D eigenvalue weighted by atomic mass is 32.2. The summed E-state index contributed by atoms with van der Waals surface area (Å²) in [5.41, 5.74) is 0.831. The predicted molar refractivity (Wildman–Crippen MR) is 131 cm³/mol. The second-order valence-corrected chi connectivity index (χ2v) is 11.4. The first-order chi connectivity index (χ1) is 15.8. The first-order valence-corrected chi connectivity index (χ1v) is 12.9. The van der Waals surface area contributed by atoms with E-state index in [0.717, 1.165) is 24.0 Å². The molecule has 0 aliphatic carbocycles. The Bertz CT molecular complexity index is 836. The standard InChI is InChI=1S/C13H26N2O4S.C10H17NO4/c1-12(2)13(16)14-8-7-10-15(3,4)9-5-6-11-20(17,18)19;1-8(2)10(14)15-6-5-11(3,4)7-9(12)13/h1,5-11H2,2-4H3,(H-,14,16,17,18,19);1,5-7H2,2-4H3. The number of nitrogens with zero attached hydrogens (tertiary/aromatic N) is 2. The smallest absolute Gasteiger partial charge is 0.333 e. The van der Waals surface area contributed by atoms with Crippen molar-refractivity contribution in [1.29, 1.82) is 0 Å². The van der Waals surface area contributed by atoms with Crippen molar-refractivity contribution >= 4 is 28.0 Å². The molecule has 35 heavy (non-hydrogen) atoms. The molecule has 0 aromatic heterocycles. The lowest BCUT2D eigenvalue weighted by molar-refractivity contribution is -0.890. The molecule has 1 amide bonds. The number of rotatable bonds is 16. The lowest BCUT2D eigenvalue weighted by Gasteiger charge is -2.30. The topological polar surface area (TPSA) is 153 Å². The van der Waals surface area contributed by atoms with Gasteiger partial charge >= 0.3 is 5.97 Å². The maximum atomic E-state index is 11.3. The third-order valence-electron chi connectivity index (χ3n) is 4.86. The van der Waals surface area contributed by atoms with Gasteiger partial charge in [0.05, 0.1) is 57.4 Å². The number of carbonyl (C=O) groups is 3. The Balaban J connectivity index is 0. The number of esters is 1. The van der Waals surface area contributed by atoms with Gasteiger partial charge in [0, 0.05) is 29.9 Å². The molecule has 0 unspecified atom stereocenters. The van der Waals surface area contributed by atoms with Gasteiger partial charge in [-0.25, -0.2) is 13.2 Å². The average Bonchev–Trinajstić information content (AvgIpc) is 2.67. The summed E-state index contributed by atoms with van der Waals surface area (Å²) in [5, 5.41) is 13.1. The average molecular weight is 522 g/mol. The molecule has 0 aromatic rings. The molecule has 204 valence electrons. The van der Waals surface area contributed by atoms with E-state index in [9.17, 15) is 32.5 Å². The lowest BCUT2D eigenvalue weighted by atomic mass is 10.2. The molecule has 0 atom stereocenters. The van der Waals surface area contributed by atoms with Crippen molar-refractivity contribution in [3.63, 3.8) is 0 Å². The molecule has 0 heterocycles. The summed E-state index contributed by atoms with van der Waals surface area (Å²) < 4.78 is 37.2. The van der Waals surface area contributed by atoms with Crippen LogP contribution in [0.5, 0.6) is 0 Å². The zero-order valence-electron chi connectivity index (χ0n) is 22.1. The minimum Gasteiger partial charge on any atom is -0.748 e. The van der Waals surface area contributed by atoms with Gasteiger partial charge in [-0.2, -0.15) is 0 Å². The zero-order valence-corrected chi connectivity index (χ0v) is 22.9. The quantitative estimate of drug-likeness (QED) is 0.0929. The summed E-state index contributed by atoms with van der Waals surface area (Å²) in [6.45, 7) is 13.0. The van der Waals surface area contributed by atoms with Gasteiger partial charge in [0.25, 0.3) is 0 Å². The van der Waals surface area contributed by atoms with Gasteiger partial charge in [-0.15, -0.1) is 0 Å². The maximum Gasteiger partial charge on any atom is 0.333 e. The fraction of sp³-hybridized carbons (Fsp3) is 0.696. The first-order valence-electron chi connectivity index (χ1n) is 11.3. The van der Waals surface area contributed by atoms with Crippen LogP contribution in [0.25, 0.3) is 0 Å². The second kappa shape index (κ2) is 16.4. The minimum absolute atomic E-state index is 0.107. The molecule has 0 spiro atoms. The normalized spacial score (nSPS) is 11.6. The third kappa shape index (κ3) is 23.2. The molecule has 0 radical (unpaired) electrons. The van der Waals surface area contributed by atoms with Crippen LogP contribution in [-0.2, 0) is 29.2 Å². The van der Waals surface area contributed by atoms with Crippen molar-refractivity contribution in [2.45, 2.75) is 33.1 Å². The number of hydrogen-bond donors (Lipinski definition) is 1. The summed E-state index contributed by atoms with van der Waals surface area (Å²) in [7, 11) is 3.46. The van der Waals surface area contributed by atoms with Crippen molar-refractivity contribution in [2.75, 3.05) is 73.3 Å². The number of nitrogens with one attached hydrogen (secondary N) is 1. The molecule has 0 aliphatic rings. The summed E-state index contributed by atoms with van der Waals surface area (Å²) in [4.78, 5) is 32.6. The van der Waals surface area contributed by atoms with E-state index in [1.54, 1.807) is 27.9 Å². The number of carboxylic acids is 1. The van der Waals surface area contributed by atoms with E-state index in [2.05, 4.69) is 18.5 Å². The Labute approximate surface area is 210 Å². The van der Waals surface area contributed by atoms with Gasteiger partial charge in [0.2, 0.25) is 5.91 Å². The number of hydrogen-bond acceptors (Lipinski definition) is 8. The van der Waals surface area contributed by atoms with Crippen LogP contribution in [0.1, 0.15) is 33.1 Å². The molecule has 11 nitrogen and oxygen atoms in total. The number of amides is 1. The summed E-state index contributed by atoms with van der Waals surface area (Å²) in [6.07, 6.45) is 1.94. The lowest BCUT2D eigenvalue weighted by Crippen LogP contribution is -2.50. The summed E-state index contributed by atoms with van der Waals surface area (Å²) in [5.74, 6) is -1.99. The minimum atomic E-state index is -4.09. The van der Waals surface area contributed by atoms with E-state index in [-0.39, 0.29) is 29.3 Å². The van der Waals surface area contributed by atoms with E-state index in [1.807, 2.05) is 14.1 Å². The first kappa shape index (κ1) is 34.9. The molecule has 12 heteroatoms. The van der Waals surface area contributed by atoms with Crippen LogP contribution in [0, 0.1) is 0 Å². The van der Waals surface area contributed by atoms with Crippen LogP contribution in [0.3, 0.4) is 0 Å². The van der Waals surface area contributed by atoms with Crippen LogP contribution in [0.4, 0.5) is 0 Å². The zero-order chi connectivity index (χ0) is 27.9. The van der Waals surface area contributed by atoms with E-state index in [0.29, 0.717) is 37.1 Å². The van der Waals surface area contributed by atoms with Crippen LogP contribution in [0.2, 0.25) is 0 Å². The van der Waals surface area contributed by atoms with Crippen molar-refractivity contribution in [1.82, 2.24) is 5.32 Å². The molecule has 1 N–H and O–H groups in total. The van der Waals surface area contributed by atoms with Crippen molar-refractivity contribution in [3.8, 4) is 0 Å². The highest BCUT2D eigenvalue weighted by molar-refractivity contribution is 7.85. The largest absolute Gasteiger partial charge is 0.748 e. The van der Waals surface area contributed by atoms with Crippen LogP contribution < -0.4 is 10.4 Å². The van der Waals surface area contributed by atoms with Gasteiger partial charge in [-0.3, -0.25) is 4.79 Å². The number of carbonyl (C=O) groups excluding carboxylic acids is 3. The number of likely N-dealkylation sites (N-methyl/N-ethyl adjacent to an activating group) is 1. The van der Waals surface area contributed by atoms with E-state index in [4.69, 9.17) is 4.74 Å². The molecule has 0 saturated heterocycles. The predicted octanol–water partition coefficient (Wildman–Crippen LogP) is -0.597. The van der Waals surface area contributed by atoms with E-state index in [1.165, 1.54) is 0 Å². The SMILES string of the molecule is C=C(C)C(=O)NCCC[N+](C)(C)CCCCS(=O)(=O)[O-].C=C(C)C(=O)OCC[N+](C)(C)CC(=O)[O-]. The second-order valence-electron chi connectivity index (χ2n) is 9.85. The van der Waals surface area contributed by atoms with E-state index >= 15 is 0 Å². The van der Waals surface area contributed by atoms with Gasteiger partial charge in [-0.1, -0.05) is 13.2 Å². The number of quaternary nitrogens is 2. The molecule has 0 aliphatic heterocycles. The molecule has 0 fully saturated rings. The molecule has 0 rings (SSSR count). The number of ether oxygens (including phenoxy) is 1. The Hall–Kier alpha value is -2.28. The van der Waals surface area contributed by atoms with Crippen LogP contribution in [0.15, 0.2) is 24.3 Å². The van der Waals surface area contributed by atoms with Crippen molar-refractivity contribution < 1.29 is 46.2 Å². The Kier molecular flexibility index (Phi) is 16.3. The third-order valence-corrected chi connectivity index (χ3v) is 5.65. The van der Waals surface area contributed by atoms with Gasteiger partial charge in [0.1, 0.15) is 19.7 Å².